The van der Waals surface area contributed by atoms with Crippen molar-refractivity contribution in [2.75, 3.05) is 5.75 Å². The second-order valence-electron chi connectivity index (χ2n) is 5.69. The summed E-state index contributed by atoms with van der Waals surface area (Å²) in [6, 6.07) is 14.6. The largest absolute Gasteiger partial charge is 0.302 e. The number of halogens is 2. The topological polar surface area (TPSA) is 72.2 Å². The van der Waals surface area contributed by atoms with Crippen molar-refractivity contribution in [3.8, 4) is 11.4 Å². The second kappa shape index (κ2) is 9.73. The van der Waals surface area contributed by atoms with Crippen LogP contribution in [0, 0.1) is 0 Å². The number of carbonyl (C=O) groups is 1. The fourth-order valence-electron chi connectivity index (χ4n) is 2.42. The Labute approximate surface area is 177 Å². The molecule has 3 rings (SSSR count). The fourth-order valence-corrected chi connectivity index (χ4v) is 3.54. The Morgan fingerprint density at radius 3 is 2.68 bits per heavy atom. The predicted octanol–water partition coefficient (Wildman–Crippen LogP) is 4.51. The van der Waals surface area contributed by atoms with Crippen LogP contribution in [0.5, 0.6) is 0 Å². The van der Waals surface area contributed by atoms with Crippen LogP contribution in [0.1, 0.15) is 12.5 Å². The molecule has 0 atom stereocenters. The van der Waals surface area contributed by atoms with Crippen LogP contribution in [0.3, 0.4) is 0 Å². The van der Waals surface area contributed by atoms with Crippen molar-refractivity contribution in [1.29, 1.82) is 0 Å². The molecule has 1 amide bonds. The maximum atomic E-state index is 12.0. The molecule has 28 heavy (non-hydrogen) atoms. The summed E-state index contributed by atoms with van der Waals surface area (Å²) in [4.78, 5) is 12.0. The summed E-state index contributed by atoms with van der Waals surface area (Å²) in [6.45, 7) is 2.68. The van der Waals surface area contributed by atoms with Gasteiger partial charge in [0.25, 0.3) is 5.91 Å². The Balaban J connectivity index is 1.59. The quantitative estimate of drug-likeness (QED) is 0.337. The first kappa shape index (κ1) is 20.4. The lowest BCUT2D eigenvalue weighted by Crippen LogP contribution is -2.20. The molecule has 0 spiro atoms. The predicted molar refractivity (Wildman–Crippen MR) is 114 cm³/mol. The lowest BCUT2D eigenvalue weighted by atomic mass is 10.2. The third kappa shape index (κ3) is 5.34. The summed E-state index contributed by atoms with van der Waals surface area (Å²) < 4.78 is 1.95. The number of hydrogen-bond donors (Lipinski definition) is 1. The number of amides is 1. The summed E-state index contributed by atoms with van der Waals surface area (Å²) in [5, 5.41) is 14.3. The number of aromatic nitrogens is 3. The second-order valence-corrected chi connectivity index (χ2v) is 7.51. The van der Waals surface area contributed by atoms with Crippen molar-refractivity contribution in [2.45, 2.75) is 18.6 Å². The van der Waals surface area contributed by atoms with E-state index in [0.717, 1.165) is 17.0 Å². The SMILES string of the molecule is CCn1c(SCC(=O)N/N=C\c2cccc(Cl)c2)nnc1-c1ccc(Cl)cc1. The molecule has 6 nitrogen and oxygen atoms in total. The summed E-state index contributed by atoms with van der Waals surface area (Å²) in [5.74, 6) is 0.675. The molecule has 0 aliphatic heterocycles. The third-order valence-electron chi connectivity index (χ3n) is 3.72. The minimum Gasteiger partial charge on any atom is -0.302 e. The molecule has 9 heteroatoms. The van der Waals surface area contributed by atoms with Gasteiger partial charge in [-0.3, -0.25) is 4.79 Å². The molecule has 0 saturated heterocycles. The molecule has 0 unspecified atom stereocenters. The van der Waals surface area contributed by atoms with Gasteiger partial charge in [-0.1, -0.05) is 47.1 Å². The summed E-state index contributed by atoms with van der Waals surface area (Å²) in [5.41, 5.74) is 4.22. The number of hydrogen-bond acceptors (Lipinski definition) is 5. The highest BCUT2D eigenvalue weighted by atomic mass is 35.5. The molecule has 2 aromatic carbocycles. The minimum atomic E-state index is -0.234. The average molecular weight is 434 g/mol. The lowest BCUT2D eigenvalue weighted by molar-refractivity contribution is -0.118. The van der Waals surface area contributed by atoms with Gasteiger partial charge in [-0.15, -0.1) is 10.2 Å². The molecule has 0 aliphatic carbocycles. The number of thioether (sulfide) groups is 1. The van der Waals surface area contributed by atoms with Crippen LogP contribution in [0.2, 0.25) is 10.0 Å². The zero-order chi connectivity index (χ0) is 19.9. The maximum absolute atomic E-state index is 12.0. The Morgan fingerprint density at radius 1 is 1.18 bits per heavy atom. The van der Waals surface area contributed by atoms with Crippen LogP contribution in [0.4, 0.5) is 0 Å². The van der Waals surface area contributed by atoms with Gasteiger partial charge in [-0.2, -0.15) is 5.10 Å². The van der Waals surface area contributed by atoms with E-state index < -0.39 is 0 Å². The highest BCUT2D eigenvalue weighted by Crippen LogP contribution is 2.25. The highest BCUT2D eigenvalue weighted by Gasteiger charge is 2.14. The van der Waals surface area contributed by atoms with Crippen molar-refractivity contribution in [3.05, 3.63) is 64.1 Å². The molecule has 3 aromatic rings. The van der Waals surface area contributed by atoms with Crippen molar-refractivity contribution in [3.63, 3.8) is 0 Å². The Bertz CT molecular complexity index is 988. The van der Waals surface area contributed by atoms with Gasteiger partial charge < -0.3 is 4.57 Å². The standard InChI is InChI=1S/C19H17Cl2N5OS/c1-2-26-18(14-6-8-15(20)9-7-14)24-25-19(26)28-12-17(27)23-22-11-13-4-3-5-16(21)10-13/h3-11H,2,12H2,1H3,(H,23,27)/b22-11-. The molecule has 144 valence electrons. The zero-order valence-corrected chi connectivity index (χ0v) is 17.3. The monoisotopic (exact) mass is 433 g/mol. The summed E-state index contributed by atoms with van der Waals surface area (Å²) in [7, 11) is 0. The summed E-state index contributed by atoms with van der Waals surface area (Å²) in [6.07, 6.45) is 1.54. The first-order valence-electron chi connectivity index (χ1n) is 8.46. The summed E-state index contributed by atoms with van der Waals surface area (Å²) >= 11 is 13.2. The first-order chi connectivity index (χ1) is 13.6. The Kier molecular flexibility index (Phi) is 7.08. The van der Waals surface area contributed by atoms with Crippen LogP contribution in [0.25, 0.3) is 11.4 Å². The van der Waals surface area contributed by atoms with Gasteiger partial charge in [0.15, 0.2) is 11.0 Å². The lowest BCUT2D eigenvalue weighted by Gasteiger charge is -2.07. The van der Waals surface area contributed by atoms with Gasteiger partial charge in [0.2, 0.25) is 0 Å². The zero-order valence-electron chi connectivity index (χ0n) is 15.0. The van der Waals surface area contributed by atoms with E-state index in [0.29, 0.717) is 21.7 Å². The Morgan fingerprint density at radius 2 is 1.96 bits per heavy atom. The molecule has 1 N–H and O–H groups in total. The van der Waals surface area contributed by atoms with E-state index in [4.69, 9.17) is 23.2 Å². The van der Waals surface area contributed by atoms with Gasteiger partial charge >= 0.3 is 0 Å². The molecule has 0 saturated carbocycles. The van der Waals surface area contributed by atoms with Gasteiger partial charge in [-0.25, -0.2) is 5.43 Å². The fraction of sp³-hybridized carbons (Fsp3) is 0.158. The number of benzene rings is 2. The highest BCUT2D eigenvalue weighted by molar-refractivity contribution is 7.99. The average Bonchev–Trinajstić information content (AvgIpc) is 3.10. The molecule has 0 bridgehead atoms. The smallest absolute Gasteiger partial charge is 0.250 e. The van der Waals surface area contributed by atoms with Gasteiger partial charge in [0.1, 0.15) is 0 Å². The van der Waals surface area contributed by atoms with E-state index in [-0.39, 0.29) is 11.7 Å². The normalized spacial score (nSPS) is 11.1. The number of rotatable bonds is 7. The molecular weight excluding hydrogens is 417 g/mol. The van der Waals surface area contributed by atoms with Crippen molar-refractivity contribution in [2.24, 2.45) is 5.10 Å². The molecular formula is C19H17Cl2N5OS. The number of nitrogens with zero attached hydrogens (tertiary/aromatic N) is 4. The van der Waals surface area contributed by atoms with E-state index in [2.05, 4.69) is 20.7 Å². The molecule has 0 radical (unpaired) electrons. The van der Waals surface area contributed by atoms with Crippen molar-refractivity contribution >= 4 is 47.1 Å². The van der Waals surface area contributed by atoms with Crippen molar-refractivity contribution < 1.29 is 4.79 Å². The molecule has 0 fully saturated rings. The number of hydrazone groups is 1. The number of carbonyl (C=O) groups excluding carboxylic acids is 1. The van der Waals surface area contributed by atoms with Gasteiger partial charge in [0.05, 0.1) is 12.0 Å². The molecule has 1 aromatic heterocycles. The molecule has 0 aliphatic rings. The van der Waals surface area contributed by atoms with E-state index in [1.165, 1.54) is 11.8 Å². The maximum Gasteiger partial charge on any atom is 0.250 e. The van der Waals surface area contributed by atoms with E-state index >= 15 is 0 Å². The van der Waals surface area contributed by atoms with Gasteiger partial charge in [0, 0.05) is 22.2 Å². The van der Waals surface area contributed by atoms with Gasteiger partial charge in [-0.05, 0) is 48.9 Å². The Hall–Kier alpha value is -2.35. The van der Waals surface area contributed by atoms with Crippen LogP contribution in [0.15, 0.2) is 58.8 Å². The van der Waals surface area contributed by atoms with Crippen LogP contribution in [-0.2, 0) is 11.3 Å². The van der Waals surface area contributed by atoms with E-state index in [1.807, 2.05) is 47.9 Å². The van der Waals surface area contributed by atoms with E-state index in [9.17, 15) is 4.79 Å². The first-order valence-corrected chi connectivity index (χ1v) is 10.2. The van der Waals surface area contributed by atoms with E-state index in [1.54, 1.807) is 18.3 Å². The van der Waals surface area contributed by atoms with Crippen LogP contribution >= 0.6 is 35.0 Å². The molecule has 1 heterocycles. The number of nitrogens with one attached hydrogen (secondary N) is 1. The van der Waals surface area contributed by atoms with Crippen LogP contribution < -0.4 is 5.43 Å². The third-order valence-corrected chi connectivity index (χ3v) is 5.17. The van der Waals surface area contributed by atoms with Crippen molar-refractivity contribution in [1.82, 2.24) is 20.2 Å². The minimum absolute atomic E-state index is 0.172. The van der Waals surface area contributed by atoms with Crippen LogP contribution in [-0.4, -0.2) is 32.6 Å².